The maximum atomic E-state index is 12.5. The van der Waals surface area contributed by atoms with Gasteiger partial charge in [-0.15, -0.1) is 0 Å². The molecule has 3 nitrogen and oxygen atoms in total. The fourth-order valence-corrected chi connectivity index (χ4v) is 2.82. The van der Waals surface area contributed by atoms with Crippen LogP contribution in [0.5, 0.6) is 11.5 Å². The summed E-state index contributed by atoms with van der Waals surface area (Å²) in [6.07, 6.45) is 7.25. The van der Waals surface area contributed by atoms with Crippen LogP contribution >= 0.6 is 0 Å². The van der Waals surface area contributed by atoms with Crippen LogP contribution in [0.3, 0.4) is 0 Å². The van der Waals surface area contributed by atoms with E-state index in [0.29, 0.717) is 23.5 Å². The Morgan fingerprint density at radius 3 is 2.40 bits per heavy atom. The number of benzene rings is 2. The van der Waals surface area contributed by atoms with Gasteiger partial charge in [-0.3, -0.25) is 4.79 Å². The van der Waals surface area contributed by atoms with Crippen molar-refractivity contribution in [2.45, 2.75) is 52.4 Å². The number of ether oxygens (including phenoxy) is 1. The molecule has 0 spiro atoms. The first-order chi connectivity index (χ1) is 12.1. The fourth-order valence-electron chi connectivity index (χ4n) is 2.82. The van der Waals surface area contributed by atoms with Gasteiger partial charge in [0, 0.05) is 11.6 Å². The third kappa shape index (κ3) is 5.63. The number of hydrogen-bond acceptors (Lipinski definition) is 3. The minimum atomic E-state index is -0.177. The Hall–Kier alpha value is -2.29. The van der Waals surface area contributed by atoms with E-state index in [1.54, 1.807) is 24.3 Å². The third-order valence-electron chi connectivity index (χ3n) is 4.33. The zero-order valence-corrected chi connectivity index (χ0v) is 15.3. The number of aryl methyl sites for hydroxylation is 1. The second-order valence-electron chi connectivity index (χ2n) is 6.45. The number of rotatable bonds is 10. The third-order valence-corrected chi connectivity index (χ3v) is 4.33. The molecule has 0 aromatic heterocycles. The maximum Gasteiger partial charge on any atom is 0.196 e. The molecule has 0 heterocycles. The average molecular weight is 340 g/mol. The molecule has 0 amide bonds. The Kier molecular flexibility index (Phi) is 7.52. The van der Waals surface area contributed by atoms with E-state index in [2.05, 4.69) is 6.92 Å². The maximum absolute atomic E-state index is 12.5. The van der Waals surface area contributed by atoms with E-state index in [0.717, 1.165) is 18.4 Å². The molecule has 134 valence electrons. The minimum absolute atomic E-state index is 0.0302. The molecule has 0 bridgehead atoms. The number of aromatic hydroxyl groups is 1. The Morgan fingerprint density at radius 1 is 1.00 bits per heavy atom. The second kappa shape index (κ2) is 9.87. The highest BCUT2D eigenvalue weighted by molar-refractivity contribution is 6.10. The van der Waals surface area contributed by atoms with Gasteiger partial charge in [-0.05, 0) is 25.0 Å². The van der Waals surface area contributed by atoms with Crippen LogP contribution in [0.1, 0.15) is 66.9 Å². The largest absolute Gasteiger partial charge is 0.507 e. The van der Waals surface area contributed by atoms with Gasteiger partial charge in [0.15, 0.2) is 5.78 Å². The van der Waals surface area contributed by atoms with Crippen LogP contribution in [0.4, 0.5) is 0 Å². The van der Waals surface area contributed by atoms with E-state index in [4.69, 9.17) is 4.74 Å². The van der Waals surface area contributed by atoms with E-state index in [1.807, 2.05) is 25.1 Å². The number of carbonyl (C=O) groups excluding carboxylic acids is 1. The van der Waals surface area contributed by atoms with Crippen LogP contribution in [0.2, 0.25) is 0 Å². The highest BCUT2D eigenvalue weighted by Gasteiger charge is 2.16. The molecule has 0 saturated heterocycles. The molecular weight excluding hydrogens is 312 g/mol. The first-order valence-corrected chi connectivity index (χ1v) is 9.19. The van der Waals surface area contributed by atoms with Crippen LogP contribution in [-0.4, -0.2) is 17.5 Å². The number of phenols is 1. The lowest BCUT2D eigenvalue weighted by Crippen LogP contribution is -2.04. The zero-order chi connectivity index (χ0) is 18.1. The van der Waals surface area contributed by atoms with Crippen LogP contribution in [0.25, 0.3) is 0 Å². The van der Waals surface area contributed by atoms with Crippen LogP contribution < -0.4 is 4.74 Å². The van der Waals surface area contributed by atoms with Gasteiger partial charge in [-0.25, -0.2) is 0 Å². The summed E-state index contributed by atoms with van der Waals surface area (Å²) in [5.41, 5.74) is 1.75. The predicted octanol–water partition coefficient (Wildman–Crippen LogP) is 5.67. The average Bonchev–Trinajstić information content (AvgIpc) is 2.63. The highest BCUT2D eigenvalue weighted by Crippen LogP contribution is 2.29. The topological polar surface area (TPSA) is 46.5 Å². The first kappa shape index (κ1) is 19.0. The van der Waals surface area contributed by atoms with Crippen molar-refractivity contribution < 1.29 is 14.6 Å². The van der Waals surface area contributed by atoms with Gasteiger partial charge in [0.05, 0.1) is 12.2 Å². The molecule has 0 unspecified atom stereocenters. The van der Waals surface area contributed by atoms with Gasteiger partial charge < -0.3 is 9.84 Å². The molecule has 2 rings (SSSR count). The Bertz CT molecular complexity index is 677. The van der Waals surface area contributed by atoms with Crippen LogP contribution in [0, 0.1) is 6.92 Å². The lowest BCUT2D eigenvalue weighted by molar-refractivity contribution is 0.103. The van der Waals surface area contributed by atoms with Gasteiger partial charge in [-0.2, -0.15) is 0 Å². The highest BCUT2D eigenvalue weighted by atomic mass is 16.5. The van der Waals surface area contributed by atoms with Gasteiger partial charge in [0.2, 0.25) is 0 Å². The molecule has 1 N–H and O–H groups in total. The van der Waals surface area contributed by atoms with Crippen molar-refractivity contribution >= 4 is 5.78 Å². The normalized spacial score (nSPS) is 10.6. The number of ketones is 1. The minimum Gasteiger partial charge on any atom is -0.507 e. The van der Waals surface area contributed by atoms with Crippen molar-refractivity contribution in [1.29, 1.82) is 0 Å². The van der Waals surface area contributed by atoms with Gasteiger partial charge in [0.1, 0.15) is 11.5 Å². The smallest absolute Gasteiger partial charge is 0.196 e. The lowest BCUT2D eigenvalue weighted by Gasteiger charge is -2.12. The SMILES string of the molecule is CCCCCCCCOc1cc(O)c(C(=O)c2ccccc2)cc1C. The van der Waals surface area contributed by atoms with Gasteiger partial charge >= 0.3 is 0 Å². The first-order valence-electron chi connectivity index (χ1n) is 9.19. The van der Waals surface area contributed by atoms with E-state index >= 15 is 0 Å². The summed E-state index contributed by atoms with van der Waals surface area (Å²) in [6, 6.07) is 12.3. The Labute approximate surface area is 150 Å². The summed E-state index contributed by atoms with van der Waals surface area (Å²) in [6.45, 7) is 4.75. The molecule has 0 saturated carbocycles. The van der Waals surface area contributed by atoms with E-state index in [9.17, 15) is 9.90 Å². The van der Waals surface area contributed by atoms with Crippen LogP contribution in [-0.2, 0) is 0 Å². The molecule has 2 aromatic carbocycles. The summed E-state index contributed by atoms with van der Waals surface area (Å²) in [5.74, 6) is 0.441. The molecule has 0 radical (unpaired) electrons. The van der Waals surface area contributed by atoms with E-state index in [-0.39, 0.29) is 11.5 Å². The van der Waals surface area contributed by atoms with Crippen molar-refractivity contribution in [3.8, 4) is 11.5 Å². The molecule has 0 fully saturated rings. The van der Waals surface area contributed by atoms with Crippen molar-refractivity contribution in [2.24, 2.45) is 0 Å². The lowest BCUT2D eigenvalue weighted by atomic mass is 10.00. The summed E-state index contributed by atoms with van der Waals surface area (Å²) in [7, 11) is 0. The molecule has 3 heteroatoms. The van der Waals surface area contributed by atoms with Crippen molar-refractivity contribution in [2.75, 3.05) is 6.61 Å². The van der Waals surface area contributed by atoms with E-state index in [1.165, 1.54) is 25.7 Å². The number of unbranched alkanes of at least 4 members (excludes halogenated alkanes) is 5. The quantitative estimate of drug-likeness (QED) is 0.448. The molecular formula is C22H28O3. The monoisotopic (exact) mass is 340 g/mol. The van der Waals surface area contributed by atoms with Gasteiger partial charge in [0.25, 0.3) is 0 Å². The number of carbonyl (C=O) groups is 1. The van der Waals surface area contributed by atoms with Crippen LogP contribution in [0.15, 0.2) is 42.5 Å². The summed E-state index contributed by atoms with van der Waals surface area (Å²) < 4.78 is 5.79. The molecule has 2 aromatic rings. The molecule has 0 aliphatic rings. The molecule has 0 aliphatic carbocycles. The van der Waals surface area contributed by atoms with Crippen molar-refractivity contribution in [3.63, 3.8) is 0 Å². The summed E-state index contributed by atoms with van der Waals surface area (Å²) in [4.78, 5) is 12.5. The Balaban J connectivity index is 1.94. The summed E-state index contributed by atoms with van der Waals surface area (Å²) >= 11 is 0. The molecule has 0 atom stereocenters. The van der Waals surface area contributed by atoms with Crippen molar-refractivity contribution in [3.05, 3.63) is 59.2 Å². The molecule has 25 heavy (non-hydrogen) atoms. The fraction of sp³-hybridized carbons (Fsp3) is 0.409. The predicted molar refractivity (Wildman–Crippen MR) is 102 cm³/mol. The molecule has 0 aliphatic heterocycles. The number of hydrogen-bond donors (Lipinski definition) is 1. The van der Waals surface area contributed by atoms with E-state index < -0.39 is 0 Å². The summed E-state index contributed by atoms with van der Waals surface area (Å²) in [5, 5.41) is 10.2. The zero-order valence-electron chi connectivity index (χ0n) is 15.3. The Morgan fingerprint density at radius 2 is 1.68 bits per heavy atom. The second-order valence-corrected chi connectivity index (χ2v) is 6.45. The van der Waals surface area contributed by atoms with Gasteiger partial charge in [-0.1, -0.05) is 69.4 Å². The van der Waals surface area contributed by atoms with Crippen molar-refractivity contribution in [1.82, 2.24) is 0 Å². The number of phenolic OH excluding ortho intramolecular Hbond substituents is 1. The standard InChI is InChI=1S/C22H28O3/c1-3-4-5-6-7-11-14-25-21-16-20(23)19(15-17(21)2)22(24)18-12-9-8-10-13-18/h8-10,12-13,15-16,23H,3-7,11,14H2,1-2H3.